The lowest BCUT2D eigenvalue weighted by atomic mass is 9.68. The number of H-pyrrole nitrogens is 1. The Labute approximate surface area is 150 Å². The van der Waals surface area contributed by atoms with E-state index >= 15 is 0 Å². The van der Waals surface area contributed by atoms with E-state index in [1.54, 1.807) is 6.92 Å². The summed E-state index contributed by atoms with van der Waals surface area (Å²) in [6, 6.07) is 0.405. The SMILES string of the molecule is CCCc1c(C(=O)N2CC3CC4CC(C3)CC2C4)[nH]c(C)c1C(C)=O. The van der Waals surface area contributed by atoms with Gasteiger partial charge >= 0.3 is 0 Å². The second kappa shape index (κ2) is 6.30. The van der Waals surface area contributed by atoms with Gasteiger partial charge in [-0.05, 0) is 75.7 Å². The number of hydrogen-bond acceptors (Lipinski definition) is 2. The normalized spacial score (nSPS) is 30.6. The first-order valence-corrected chi connectivity index (χ1v) is 10.0. The number of aromatic amines is 1. The van der Waals surface area contributed by atoms with Gasteiger partial charge in [-0.3, -0.25) is 9.59 Å². The fraction of sp³-hybridized carbons (Fsp3) is 0.714. The number of nitrogens with zero attached hydrogens (tertiary/aromatic N) is 1. The summed E-state index contributed by atoms with van der Waals surface area (Å²) in [7, 11) is 0. The molecule has 2 aliphatic heterocycles. The van der Waals surface area contributed by atoms with Gasteiger partial charge in [0.2, 0.25) is 0 Å². The molecule has 2 atom stereocenters. The second-order valence-electron chi connectivity index (χ2n) is 8.67. The van der Waals surface area contributed by atoms with E-state index in [2.05, 4.69) is 16.8 Å². The average Bonchev–Trinajstić information content (AvgIpc) is 2.74. The summed E-state index contributed by atoms with van der Waals surface area (Å²) in [6.45, 7) is 6.54. The number of aromatic nitrogens is 1. The van der Waals surface area contributed by atoms with Crippen LogP contribution in [0, 0.1) is 24.7 Å². The highest BCUT2D eigenvalue weighted by Crippen LogP contribution is 2.47. The predicted octanol–water partition coefficient (Wildman–Crippen LogP) is 4.13. The third kappa shape index (κ3) is 2.84. The quantitative estimate of drug-likeness (QED) is 0.837. The van der Waals surface area contributed by atoms with Crippen molar-refractivity contribution in [3.05, 3.63) is 22.5 Å². The Morgan fingerprint density at radius 1 is 1.08 bits per heavy atom. The largest absolute Gasteiger partial charge is 0.354 e. The van der Waals surface area contributed by atoms with Crippen LogP contribution in [0.4, 0.5) is 0 Å². The Morgan fingerprint density at radius 2 is 1.72 bits per heavy atom. The van der Waals surface area contributed by atoms with Crippen LogP contribution < -0.4 is 0 Å². The highest BCUT2D eigenvalue weighted by atomic mass is 16.2. The minimum Gasteiger partial charge on any atom is -0.354 e. The Bertz CT molecular complexity index is 691. The van der Waals surface area contributed by atoms with Crippen molar-refractivity contribution in [2.24, 2.45) is 17.8 Å². The van der Waals surface area contributed by atoms with Crippen molar-refractivity contribution >= 4 is 11.7 Å². The number of ketones is 1. The van der Waals surface area contributed by atoms with E-state index in [-0.39, 0.29) is 11.7 Å². The third-order valence-corrected chi connectivity index (χ3v) is 6.72. The molecule has 4 aliphatic rings. The smallest absolute Gasteiger partial charge is 0.270 e. The van der Waals surface area contributed by atoms with Gasteiger partial charge in [-0.25, -0.2) is 0 Å². The van der Waals surface area contributed by atoms with E-state index in [4.69, 9.17) is 0 Å². The fourth-order valence-corrected chi connectivity index (χ4v) is 6.01. The minimum atomic E-state index is 0.0621. The molecular formula is C21H30N2O2. The molecule has 4 heteroatoms. The lowest BCUT2D eigenvalue weighted by Gasteiger charge is -2.39. The molecular weight excluding hydrogens is 312 g/mol. The number of fused-ring (bicyclic) bond motifs is 1. The van der Waals surface area contributed by atoms with Gasteiger partial charge in [0, 0.05) is 23.8 Å². The summed E-state index contributed by atoms with van der Waals surface area (Å²) in [5.74, 6) is 2.53. The van der Waals surface area contributed by atoms with E-state index in [1.165, 1.54) is 32.1 Å². The Hall–Kier alpha value is -1.58. The van der Waals surface area contributed by atoms with Crippen LogP contribution in [0.2, 0.25) is 0 Å². The van der Waals surface area contributed by atoms with Crippen LogP contribution in [0.25, 0.3) is 0 Å². The molecule has 5 rings (SSSR count). The molecule has 4 nitrogen and oxygen atoms in total. The van der Waals surface area contributed by atoms with Crippen molar-refractivity contribution in [2.75, 3.05) is 6.54 Å². The summed E-state index contributed by atoms with van der Waals surface area (Å²) >= 11 is 0. The van der Waals surface area contributed by atoms with Crippen LogP contribution in [-0.2, 0) is 6.42 Å². The maximum Gasteiger partial charge on any atom is 0.270 e. The van der Waals surface area contributed by atoms with Crippen LogP contribution in [0.3, 0.4) is 0 Å². The first-order valence-electron chi connectivity index (χ1n) is 10.0. The van der Waals surface area contributed by atoms with Crippen LogP contribution >= 0.6 is 0 Å². The van der Waals surface area contributed by atoms with E-state index in [1.807, 2.05) is 6.92 Å². The maximum absolute atomic E-state index is 13.5. The number of carbonyl (C=O) groups is 2. The molecule has 1 aromatic heterocycles. The van der Waals surface area contributed by atoms with Crippen molar-refractivity contribution in [2.45, 2.75) is 71.8 Å². The second-order valence-corrected chi connectivity index (χ2v) is 8.67. The minimum absolute atomic E-state index is 0.0621. The van der Waals surface area contributed by atoms with Crippen LogP contribution in [-0.4, -0.2) is 34.2 Å². The molecule has 3 heterocycles. The lowest BCUT2D eigenvalue weighted by molar-refractivity contribution is 0.0626. The summed E-state index contributed by atoms with van der Waals surface area (Å²) in [5, 5.41) is 0. The zero-order chi connectivity index (χ0) is 17.7. The zero-order valence-electron chi connectivity index (χ0n) is 15.7. The van der Waals surface area contributed by atoms with Crippen molar-refractivity contribution in [3.8, 4) is 0 Å². The van der Waals surface area contributed by atoms with E-state index in [0.717, 1.165) is 48.0 Å². The van der Waals surface area contributed by atoms with Crippen molar-refractivity contribution in [1.29, 1.82) is 0 Å². The number of Topliss-reactive ketones (excluding diaryl/α,β-unsaturated/α-hetero) is 1. The molecule has 2 saturated carbocycles. The molecule has 0 aromatic carbocycles. The first-order chi connectivity index (χ1) is 12.0. The van der Waals surface area contributed by atoms with Gasteiger partial charge in [0.1, 0.15) is 5.69 Å². The lowest BCUT2D eigenvalue weighted by Crippen LogP contribution is -2.42. The predicted molar refractivity (Wildman–Crippen MR) is 97.9 cm³/mol. The number of hydrogen-bond donors (Lipinski definition) is 1. The van der Waals surface area contributed by atoms with E-state index in [9.17, 15) is 9.59 Å². The maximum atomic E-state index is 13.5. The summed E-state index contributed by atoms with van der Waals surface area (Å²) in [4.78, 5) is 31.1. The summed E-state index contributed by atoms with van der Waals surface area (Å²) in [5.41, 5.74) is 3.22. The van der Waals surface area contributed by atoms with Gasteiger partial charge in [0.25, 0.3) is 5.91 Å². The highest BCUT2D eigenvalue weighted by Gasteiger charge is 2.44. The molecule has 0 radical (unpaired) electrons. The van der Waals surface area contributed by atoms with Gasteiger partial charge in [-0.2, -0.15) is 0 Å². The van der Waals surface area contributed by atoms with E-state index in [0.29, 0.717) is 17.7 Å². The van der Waals surface area contributed by atoms with Crippen molar-refractivity contribution < 1.29 is 9.59 Å². The number of carbonyl (C=O) groups excluding carboxylic acids is 2. The molecule has 4 bridgehead atoms. The summed E-state index contributed by atoms with van der Waals surface area (Å²) < 4.78 is 0. The molecule has 1 aromatic rings. The number of aryl methyl sites for hydroxylation is 1. The molecule has 2 saturated heterocycles. The van der Waals surface area contributed by atoms with Gasteiger partial charge in [-0.1, -0.05) is 13.3 Å². The van der Waals surface area contributed by atoms with Crippen molar-refractivity contribution in [1.82, 2.24) is 9.88 Å². The number of nitrogens with one attached hydrogen (secondary N) is 1. The molecule has 0 spiro atoms. The van der Waals surface area contributed by atoms with Gasteiger partial charge in [0.15, 0.2) is 5.78 Å². The molecule has 25 heavy (non-hydrogen) atoms. The van der Waals surface area contributed by atoms with Crippen LogP contribution in [0.15, 0.2) is 0 Å². The van der Waals surface area contributed by atoms with Crippen LogP contribution in [0.5, 0.6) is 0 Å². The summed E-state index contributed by atoms with van der Waals surface area (Å²) in [6.07, 6.45) is 8.08. The van der Waals surface area contributed by atoms with Gasteiger partial charge in [-0.15, -0.1) is 0 Å². The molecule has 2 unspecified atom stereocenters. The fourth-order valence-electron chi connectivity index (χ4n) is 6.01. The van der Waals surface area contributed by atoms with Crippen molar-refractivity contribution in [3.63, 3.8) is 0 Å². The number of amides is 1. The number of rotatable bonds is 4. The van der Waals surface area contributed by atoms with Gasteiger partial charge < -0.3 is 9.88 Å². The Kier molecular flexibility index (Phi) is 4.25. The average molecular weight is 342 g/mol. The Balaban J connectivity index is 1.69. The highest BCUT2D eigenvalue weighted by molar-refractivity contribution is 6.02. The first kappa shape index (κ1) is 16.9. The van der Waals surface area contributed by atoms with Crippen LogP contribution in [0.1, 0.15) is 84.5 Å². The molecule has 1 amide bonds. The monoisotopic (exact) mass is 342 g/mol. The topological polar surface area (TPSA) is 53.2 Å². The molecule has 1 N–H and O–H groups in total. The standard InChI is InChI=1S/C21H30N2O2/c1-4-5-18-19(13(3)24)12(2)22-20(18)21(25)23-11-16-7-14-6-15(8-16)10-17(23)9-14/h14-17,22H,4-11H2,1-3H3. The third-order valence-electron chi connectivity index (χ3n) is 6.72. The molecule has 2 aliphatic carbocycles. The Morgan fingerprint density at radius 3 is 2.32 bits per heavy atom. The van der Waals surface area contributed by atoms with E-state index < -0.39 is 0 Å². The van der Waals surface area contributed by atoms with Gasteiger partial charge in [0.05, 0.1) is 0 Å². The molecule has 136 valence electrons. The molecule has 4 fully saturated rings. The zero-order valence-corrected chi connectivity index (χ0v) is 15.7.